The Morgan fingerprint density at radius 2 is 1.56 bits per heavy atom. The molecule has 7 nitrogen and oxygen atoms in total. The number of carbonyl (C=O) groups is 3. The molecule has 7 heteroatoms. The van der Waals surface area contributed by atoms with Gasteiger partial charge in [-0.2, -0.15) is 0 Å². The Labute approximate surface area is 188 Å². The van der Waals surface area contributed by atoms with Gasteiger partial charge in [0.2, 0.25) is 17.7 Å². The molecule has 1 aliphatic heterocycles. The predicted octanol–water partition coefficient (Wildman–Crippen LogP) is 3.04. The summed E-state index contributed by atoms with van der Waals surface area (Å²) in [5.74, 6) is -0.493. The van der Waals surface area contributed by atoms with Crippen LogP contribution in [0.4, 0.5) is 11.4 Å². The van der Waals surface area contributed by atoms with E-state index in [-0.39, 0.29) is 23.6 Å². The zero-order chi connectivity index (χ0) is 22.9. The van der Waals surface area contributed by atoms with Gasteiger partial charge in [0.05, 0.1) is 0 Å². The van der Waals surface area contributed by atoms with Crippen molar-refractivity contribution in [1.82, 2.24) is 4.90 Å². The molecule has 0 aliphatic carbocycles. The maximum absolute atomic E-state index is 12.2. The molecule has 4 N–H and O–H groups in total. The average molecular weight is 435 g/mol. The van der Waals surface area contributed by atoms with Gasteiger partial charge in [-0.1, -0.05) is 24.3 Å². The molecule has 2 aromatic carbocycles. The Morgan fingerprint density at radius 3 is 2.16 bits per heavy atom. The fourth-order valence-corrected chi connectivity index (χ4v) is 3.72. The molecular formula is C25H30N4O3. The number of anilines is 2. The molecule has 0 radical (unpaired) electrons. The van der Waals surface area contributed by atoms with Crippen molar-refractivity contribution in [2.75, 3.05) is 30.3 Å². The highest BCUT2D eigenvalue weighted by molar-refractivity contribution is 6.02. The molecular weight excluding hydrogens is 404 g/mol. The molecule has 1 heterocycles. The summed E-state index contributed by atoms with van der Waals surface area (Å²) in [6.45, 7) is 4.22. The third-order valence-electron chi connectivity index (χ3n) is 5.59. The van der Waals surface area contributed by atoms with Crippen molar-refractivity contribution in [2.45, 2.75) is 26.2 Å². The standard InChI is InChI=1S/C25H30N4O3/c1-18(30)27-22-7-2-19(3-8-22)6-11-24(31)28-23-9-4-20(5-10-23)12-15-29-16-13-21(14-17-29)25(26)32/h2-11,21H,12-17H2,1H3,(H2,26,32)(H,27,30)(H,28,31)/b11-6+. The van der Waals surface area contributed by atoms with E-state index in [9.17, 15) is 14.4 Å². The van der Waals surface area contributed by atoms with E-state index < -0.39 is 0 Å². The smallest absolute Gasteiger partial charge is 0.248 e. The number of carbonyl (C=O) groups excluding carboxylic acids is 3. The fourth-order valence-electron chi connectivity index (χ4n) is 3.72. The van der Waals surface area contributed by atoms with Crippen LogP contribution in [0.15, 0.2) is 54.6 Å². The zero-order valence-corrected chi connectivity index (χ0v) is 18.3. The van der Waals surface area contributed by atoms with Crippen molar-refractivity contribution in [3.05, 3.63) is 65.7 Å². The van der Waals surface area contributed by atoms with Gasteiger partial charge >= 0.3 is 0 Å². The molecule has 1 fully saturated rings. The van der Waals surface area contributed by atoms with Crippen molar-refractivity contribution in [1.29, 1.82) is 0 Å². The number of hydrogen-bond acceptors (Lipinski definition) is 4. The number of piperidine rings is 1. The second kappa shape index (κ2) is 11.2. The summed E-state index contributed by atoms with van der Waals surface area (Å²) in [5.41, 5.74) is 8.92. The monoisotopic (exact) mass is 434 g/mol. The molecule has 168 valence electrons. The van der Waals surface area contributed by atoms with Crippen LogP contribution in [0.1, 0.15) is 30.9 Å². The van der Waals surface area contributed by atoms with Crippen LogP contribution in [0, 0.1) is 5.92 Å². The zero-order valence-electron chi connectivity index (χ0n) is 18.3. The third kappa shape index (κ3) is 7.35. The third-order valence-corrected chi connectivity index (χ3v) is 5.59. The summed E-state index contributed by atoms with van der Waals surface area (Å²) in [4.78, 5) is 36.9. The van der Waals surface area contributed by atoms with Gasteiger partial charge in [-0.3, -0.25) is 14.4 Å². The Hall–Kier alpha value is -3.45. The van der Waals surface area contributed by atoms with E-state index in [1.807, 2.05) is 36.4 Å². The van der Waals surface area contributed by atoms with Crippen molar-refractivity contribution < 1.29 is 14.4 Å². The molecule has 0 aromatic heterocycles. The van der Waals surface area contributed by atoms with Crippen LogP contribution in [0.5, 0.6) is 0 Å². The van der Waals surface area contributed by atoms with E-state index in [1.165, 1.54) is 18.6 Å². The minimum atomic E-state index is -0.207. The molecule has 32 heavy (non-hydrogen) atoms. The molecule has 0 spiro atoms. The lowest BCUT2D eigenvalue weighted by Crippen LogP contribution is -2.39. The number of nitrogens with one attached hydrogen (secondary N) is 2. The largest absolute Gasteiger partial charge is 0.369 e. The van der Waals surface area contributed by atoms with Gasteiger partial charge < -0.3 is 21.3 Å². The number of hydrogen-bond donors (Lipinski definition) is 3. The van der Waals surface area contributed by atoms with Crippen LogP contribution in [-0.2, 0) is 20.8 Å². The minimum absolute atomic E-state index is 0.0197. The topological polar surface area (TPSA) is 105 Å². The van der Waals surface area contributed by atoms with Crippen molar-refractivity contribution >= 4 is 35.2 Å². The fraction of sp³-hybridized carbons (Fsp3) is 0.320. The Kier molecular flexibility index (Phi) is 8.16. The molecule has 3 amide bonds. The van der Waals surface area contributed by atoms with E-state index in [0.29, 0.717) is 5.69 Å². The van der Waals surface area contributed by atoms with Crippen molar-refractivity contribution in [3.8, 4) is 0 Å². The van der Waals surface area contributed by atoms with Gasteiger partial charge in [-0.15, -0.1) is 0 Å². The maximum Gasteiger partial charge on any atom is 0.248 e. The molecule has 0 saturated carbocycles. The van der Waals surface area contributed by atoms with Gasteiger partial charge in [0, 0.05) is 36.8 Å². The summed E-state index contributed by atoms with van der Waals surface area (Å²) >= 11 is 0. The Bertz CT molecular complexity index is 960. The predicted molar refractivity (Wildman–Crippen MR) is 127 cm³/mol. The van der Waals surface area contributed by atoms with Gasteiger partial charge in [0.25, 0.3) is 0 Å². The lowest BCUT2D eigenvalue weighted by molar-refractivity contribution is -0.123. The highest BCUT2D eigenvalue weighted by Gasteiger charge is 2.22. The van der Waals surface area contributed by atoms with Crippen LogP contribution in [0.3, 0.4) is 0 Å². The SMILES string of the molecule is CC(=O)Nc1ccc(/C=C/C(=O)Nc2ccc(CCN3CCC(C(N)=O)CC3)cc2)cc1. The Balaban J connectivity index is 1.43. The van der Waals surface area contributed by atoms with Crippen LogP contribution in [-0.4, -0.2) is 42.3 Å². The van der Waals surface area contributed by atoms with Crippen LogP contribution in [0.2, 0.25) is 0 Å². The summed E-state index contributed by atoms with van der Waals surface area (Å²) in [6.07, 6.45) is 5.81. The number of nitrogens with two attached hydrogens (primary N) is 1. The van der Waals surface area contributed by atoms with Gasteiger partial charge in [0.15, 0.2) is 0 Å². The molecule has 1 saturated heterocycles. The van der Waals surface area contributed by atoms with E-state index in [0.717, 1.165) is 50.1 Å². The van der Waals surface area contributed by atoms with Crippen LogP contribution < -0.4 is 16.4 Å². The van der Waals surface area contributed by atoms with Crippen molar-refractivity contribution in [3.63, 3.8) is 0 Å². The number of benzene rings is 2. The normalized spacial score (nSPS) is 14.9. The molecule has 0 bridgehead atoms. The van der Waals surface area contributed by atoms with Crippen LogP contribution >= 0.6 is 0 Å². The molecule has 0 atom stereocenters. The first-order chi connectivity index (χ1) is 15.4. The van der Waals surface area contributed by atoms with Gasteiger partial charge in [-0.25, -0.2) is 0 Å². The second-order valence-electron chi connectivity index (χ2n) is 8.09. The number of amides is 3. The molecule has 3 rings (SSSR count). The molecule has 2 aromatic rings. The van der Waals surface area contributed by atoms with E-state index in [4.69, 9.17) is 5.73 Å². The van der Waals surface area contributed by atoms with Crippen molar-refractivity contribution in [2.24, 2.45) is 11.7 Å². The highest BCUT2D eigenvalue weighted by atomic mass is 16.2. The number of primary amides is 1. The summed E-state index contributed by atoms with van der Waals surface area (Å²) in [6, 6.07) is 15.1. The van der Waals surface area contributed by atoms with E-state index in [2.05, 4.69) is 15.5 Å². The Morgan fingerprint density at radius 1 is 0.969 bits per heavy atom. The first-order valence-corrected chi connectivity index (χ1v) is 10.9. The molecule has 1 aliphatic rings. The molecule has 0 unspecified atom stereocenters. The summed E-state index contributed by atoms with van der Waals surface area (Å²) in [7, 11) is 0. The number of rotatable bonds is 8. The number of nitrogens with zero attached hydrogens (tertiary/aromatic N) is 1. The van der Waals surface area contributed by atoms with Crippen LogP contribution in [0.25, 0.3) is 6.08 Å². The van der Waals surface area contributed by atoms with Gasteiger partial charge in [-0.05, 0) is 73.8 Å². The van der Waals surface area contributed by atoms with E-state index in [1.54, 1.807) is 18.2 Å². The first-order valence-electron chi connectivity index (χ1n) is 10.9. The lowest BCUT2D eigenvalue weighted by Gasteiger charge is -2.30. The second-order valence-corrected chi connectivity index (χ2v) is 8.09. The maximum atomic E-state index is 12.2. The summed E-state index contributed by atoms with van der Waals surface area (Å²) in [5, 5.41) is 5.57. The first kappa shape index (κ1) is 23.2. The quantitative estimate of drug-likeness (QED) is 0.556. The lowest BCUT2D eigenvalue weighted by atomic mass is 9.96. The van der Waals surface area contributed by atoms with Gasteiger partial charge in [0.1, 0.15) is 0 Å². The average Bonchev–Trinajstić information content (AvgIpc) is 2.78. The summed E-state index contributed by atoms with van der Waals surface area (Å²) < 4.78 is 0. The number of likely N-dealkylation sites (tertiary alicyclic amines) is 1. The highest BCUT2D eigenvalue weighted by Crippen LogP contribution is 2.18. The minimum Gasteiger partial charge on any atom is -0.369 e. The van der Waals surface area contributed by atoms with E-state index >= 15 is 0 Å².